The van der Waals surface area contributed by atoms with Gasteiger partial charge in [-0.25, -0.2) is 0 Å². The summed E-state index contributed by atoms with van der Waals surface area (Å²) in [6, 6.07) is 14.6. The number of rotatable bonds is 3. The number of hydrazine groups is 1. The van der Waals surface area contributed by atoms with E-state index in [9.17, 15) is 4.79 Å². The number of nitrogens with one attached hydrogen (secondary N) is 4. The van der Waals surface area contributed by atoms with Crippen LogP contribution in [0.4, 0.5) is 5.69 Å². The van der Waals surface area contributed by atoms with Crippen molar-refractivity contribution in [1.29, 1.82) is 0 Å². The van der Waals surface area contributed by atoms with E-state index in [4.69, 9.17) is 17.0 Å². The number of nitrogens with zero attached hydrogens (tertiary/aromatic N) is 1. The average Bonchev–Trinajstić information content (AvgIpc) is 3.04. The fourth-order valence-corrected chi connectivity index (χ4v) is 2.31. The molecule has 1 aromatic heterocycles. The molecular weight excluding hydrogens is 326 g/mol. The Morgan fingerprint density at radius 3 is 2.62 bits per heavy atom. The molecule has 0 atom stereocenters. The molecule has 0 aliphatic carbocycles. The van der Waals surface area contributed by atoms with Gasteiger partial charge in [0.1, 0.15) is 5.75 Å². The number of benzene rings is 2. The lowest BCUT2D eigenvalue weighted by Crippen LogP contribution is -2.43. The predicted octanol–water partition coefficient (Wildman–Crippen LogP) is 2.20. The zero-order valence-electron chi connectivity index (χ0n) is 12.8. The summed E-state index contributed by atoms with van der Waals surface area (Å²) in [4.78, 5) is 12.2. The van der Waals surface area contributed by atoms with Crippen LogP contribution in [0, 0.1) is 0 Å². The summed E-state index contributed by atoms with van der Waals surface area (Å²) >= 11 is 5.14. The van der Waals surface area contributed by atoms with Gasteiger partial charge < -0.3 is 10.1 Å². The van der Waals surface area contributed by atoms with Crippen molar-refractivity contribution in [3.63, 3.8) is 0 Å². The van der Waals surface area contributed by atoms with Gasteiger partial charge in [-0.15, -0.1) is 0 Å². The molecule has 1 amide bonds. The predicted molar refractivity (Wildman–Crippen MR) is 95.9 cm³/mol. The summed E-state index contributed by atoms with van der Waals surface area (Å²) in [5.41, 5.74) is 7.03. The molecule has 8 heteroatoms. The SMILES string of the molecule is COc1ccc(NC(=S)NNC(=O)c2n[nH]c3ccccc23)cc1. The van der Waals surface area contributed by atoms with Gasteiger partial charge >= 0.3 is 0 Å². The highest BCUT2D eigenvalue weighted by Gasteiger charge is 2.13. The highest BCUT2D eigenvalue weighted by molar-refractivity contribution is 7.80. The Bertz CT molecular complexity index is 876. The quantitative estimate of drug-likeness (QED) is 0.431. The van der Waals surface area contributed by atoms with Gasteiger partial charge in [0.05, 0.1) is 12.6 Å². The van der Waals surface area contributed by atoms with Crippen molar-refractivity contribution < 1.29 is 9.53 Å². The van der Waals surface area contributed by atoms with Gasteiger partial charge in [0, 0.05) is 11.1 Å². The minimum atomic E-state index is -0.383. The third kappa shape index (κ3) is 3.44. The monoisotopic (exact) mass is 341 g/mol. The van der Waals surface area contributed by atoms with Gasteiger partial charge in [-0.2, -0.15) is 5.10 Å². The lowest BCUT2D eigenvalue weighted by atomic mass is 10.2. The molecular formula is C16H15N5O2S. The van der Waals surface area contributed by atoms with Gasteiger partial charge in [0.2, 0.25) is 0 Å². The van der Waals surface area contributed by atoms with Crippen molar-refractivity contribution in [1.82, 2.24) is 21.0 Å². The largest absolute Gasteiger partial charge is 0.497 e. The van der Waals surface area contributed by atoms with Gasteiger partial charge in [-0.3, -0.25) is 20.7 Å². The van der Waals surface area contributed by atoms with Crippen molar-refractivity contribution in [2.75, 3.05) is 12.4 Å². The molecule has 0 saturated carbocycles. The second-order valence-electron chi connectivity index (χ2n) is 4.88. The lowest BCUT2D eigenvalue weighted by molar-refractivity contribution is 0.0940. The Morgan fingerprint density at radius 1 is 1.12 bits per heavy atom. The van der Waals surface area contributed by atoms with E-state index in [1.54, 1.807) is 19.2 Å². The van der Waals surface area contributed by atoms with Crippen LogP contribution in [-0.2, 0) is 0 Å². The molecule has 0 aliphatic rings. The molecule has 3 rings (SSSR count). The van der Waals surface area contributed by atoms with Crippen LogP contribution in [0.1, 0.15) is 10.5 Å². The minimum Gasteiger partial charge on any atom is -0.497 e. The Kier molecular flexibility index (Phi) is 4.57. The molecule has 1 heterocycles. The molecule has 0 aliphatic heterocycles. The summed E-state index contributed by atoms with van der Waals surface area (Å²) < 4.78 is 5.09. The second-order valence-corrected chi connectivity index (χ2v) is 5.29. The molecule has 4 N–H and O–H groups in total. The van der Waals surface area contributed by atoms with Crippen LogP contribution >= 0.6 is 12.2 Å². The van der Waals surface area contributed by atoms with Crippen LogP contribution in [0.3, 0.4) is 0 Å². The first-order valence-corrected chi connectivity index (χ1v) is 7.52. The molecule has 0 saturated heterocycles. The maximum Gasteiger partial charge on any atom is 0.290 e. The van der Waals surface area contributed by atoms with E-state index in [1.165, 1.54) is 0 Å². The molecule has 24 heavy (non-hydrogen) atoms. The number of para-hydroxylation sites is 1. The van der Waals surface area contributed by atoms with E-state index in [0.717, 1.165) is 22.3 Å². The van der Waals surface area contributed by atoms with Crippen molar-refractivity contribution in [2.45, 2.75) is 0 Å². The molecule has 122 valence electrons. The number of carbonyl (C=O) groups excluding carboxylic acids is 1. The van der Waals surface area contributed by atoms with Gasteiger partial charge in [-0.05, 0) is 42.5 Å². The normalized spacial score (nSPS) is 10.2. The van der Waals surface area contributed by atoms with Crippen LogP contribution in [0.25, 0.3) is 10.9 Å². The van der Waals surface area contributed by atoms with E-state index in [0.29, 0.717) is 5.69 Å². The average molecular weight is 341 g/mol. The maximum absolute atomic E-state index is 12.2. The number of thiocarbonyl (C=S) groups is 1. The number of fused-ring (bicyclic) bond motifs is 1. The van der Waals surface area contributed by atoms with E-state index < -0.39 is 0 Å². The number of carbonyl (C=O) groups is 1. The van der Waals surface area contributed by atoms with Gasteiger partial charge in [0.15, 0.2) is 10.8 Å². The minimum absolute atomic E-state index is 0.258. The standard InChI is InChI=1S/C16H15N5O2S/c1-23-11-8-6-10(7-9-11)17-16(24)21-20-15(22)14-12-4-2-3-5-13(12)18-19-14/h2-9H,1H3,(H,18,19)(H,20,22)(H2,17,21,24). The number of hydrogen-bond donors (Lipinski definition) is 4. The second kappa shape index (κ2) is 6.97. The molecule has 0 spiro atoms. The number of aromatic nitrogens is 2. The number of ether oxygens (including phenoxy) is 1. The van der Waals surface area contributed by atoms with Crippen LogP contribution in [0.5, 0.6) is 5.75 Å². The number of hydrogen-bond acceptors (Lipinski definition) is 4. The number of aromatic amines is 1. The van der Waals surface area contributed by atoms with Crippen molar-refractivity contribution in [2.24, 2.45) is 0 Å². The molecule has 0 bridgehead atoms. The smallest absolute Gasteiger partial charge is 0.290 e. The van der Waals surface area contributed by atoms with E-state index in [-0.39, 0.29) is 11.0 Å². The molecule has 2 aromatic carbocycles. The van der Waals surface area contributed by atoms with E-state index in [1.807, 2.05) is 36.4 Å². The molecule has 7 nitrogen and oxygen atoms in total. The summed E-state index contributed by atoms with van der Waals surface area (Å²) in [6.45, 7) is 0. The maximum atomic E-state index is 12.2. The zero-order valence-corrected chi connectivity index (χ0v) is 13.6. The summed E-state index contributed by atoms with van der Waals surface area (Å²) in [5, 5.41) is 10.8. The summed E-state index contributed by atoms with van der Waals surface area (Å²) in [5.74, 6) is 0.365. The number of anilines is 1. The summed E-state index contributed by atoms with van der Waals surface area (Å²) in [6.07, 6.45) is 0. The van der Waals surface area contributed by atoms with Crippen LogP contribution in [-0.4, -0.2) is 28.3 Å². The first-order valence-electron chi connectivity index (χ1n) is 7.12. The highest BCUT2D eigenvalue weighted by atomic mass is 32.1. The Labute approximate surface area is 143 Å². The van der Waals surface area contributed by atoms with Gasteiger partial charge in [-0.1, -0.05) is 18.2 Å². The molecule has 3 aromatic rings. The lowest BCUT2D eigenvalue weighted by Gasteiger charge is -2.11. The first kappa shape index (κ1) is 15.8. The molecule has 0 radical (unpaired) electrons. The third-order valence-electron chi connectivity index (χ3n) is 3.32. The zero-order chi connectivity index (χ0) is 16.9. The number of amides is 1. The van der Waals surface area contributed by atoms with E-state index in [2.05, 4.69) is 26.4 Å². The van der Waals surface area contributed by atoms with Crippen LogP contribution < -0.4 is 20.9 Å². The highest BCUT2D eigenvalue weighted by Crippen LogP contribution is 2.15. The van der Waals surface area contributed by atoms with Crippen LogP contribution in [0.2, 0.25) is 0 Å². The Hall–Kier alpha value is -3.13. The molecule has 0 unspecified atom stereocenters. The molecule has 0 fully saturated rings. The van der Waals surface area contributed by atoms with Crippen molar-refractivity contribution >= 4 is 39.8 Å². The Morgan fingerprint density at radius 2 is 1.88 bits per heavy atom. The number of methoxy groups -OCH3 is 1. The van der Waals surface area contributed by atoms with Crippen molar-refractivity contribution in [3.05, 3.63) is 54.2 Å². The van der Waals surface area contributed by atoms with Crippen molar-refractivity contribution in [3.8, 4) is 5.75 Å². The van der Waals surface area contributed by atoms with Gasteiger partial charge in [0.25, 0.3) is 5.91 Å². The Balaban J connectivity index is 1.58. The fourth-order valence-electron chi connectivity index (χ4n) is 2.15. The fraction of sp³-hybridized carbons (Fsp3) is 0.0625. The first-order chi connectivity index (χ1) is 11.7. The van der Waals surface area contributed by atoms with Crippen LogP contribution in [0.15, 0.2) is 48.5 Å². The van der Waals surface area contributed by atoms with E-state index >= 15 is 0 Å². The number of H-pyrrole nitrogens is 1. The summed E-state index contributed by atoms with van der Waals surface area (Å²) in [7, 11) is 1.60. The third-order valence-corrected chi connectivity index (χ3v) is 3.53. The topological polar surface area (TPSA) is 91.1 Å².